The summed E-state index contributed by atoms with van der Waals surface area (Å²) in [4.78, 5) is 15.4. The van der Waals surface area contributed by atoms with E-state index in [1.54, 1.807) is 31.5 Å². The number of anilines is 3. The van der Waals surface area contributed by atoms with Gasteiger partial charge in [0.2, 0.25) is 5.91 Å². The van der Waals surface area contributed by atoms with E-state index in [9.17, 15) is 4.79 Å². The second-order valence-corrected chi connectivity index (χ2v) is 5.12. The maximum Gasteiger partial charge on any atom is 0.299 e. The number of aromatic nitrogens is 1. The minimum absolute atomic E-state index is 0.158. The van der Waals surface area contributed by atoms with E-state index in [1.807, 2.05) is 30.3 Å². The van der Waals surface area contributed by atoms with Gasteiger partial charge in [0.05, 0.1) is 19.0 Å². The number of nitrogens with zero attached hydrogens (tertiary/aromatic N) is 1. The van der Waals surface area contributed by atoms with Gasteiger partial charge in [-0.1, -0.05) is 30.3 Å². The summed E-state index contributed by atoms with van der Waals surface area (Å²) in [7, 11) is 1.54. The number of nitrogens with one attached hydrogen (secondary N) is 2. The summed E-state index contributed by atoms with van der Waals surface area (Å²) in [5.74, 6) is 1.07. The van der Waals surface area contributed by atoms with Crippen molar-refractivity contribution in [2.75, 3.05) is 17.7 Å². The van der Waals surface area contributed by atoms with Crippen molar-refractivity contribution in [3.8, 4) is 17.1 Å². The molecule has 0 aliphatic carbocycles. The van der Waals surface area contributed by atoms with Gasteiger partial charge in [0.25, 0.3) is 6.01 Å². The van der Waals surface area contributed by atoms with Crippen LogP contribution in [0.2, 0.25) is 0 Å². The number of oxazole rings is 1. The highest BCUT2D eigenvalue weighted by Crippen LogP contribution is 2.30. The molecule has 1 amide bonds. The molecule has 0 saturated carbocycles. The van der Waals surface area contributed by atoms with Gasteiger partial charge < -0.3 is 19.8 Å². The molecule has 24 heavy (non-hydrogen) atoms. The molecule has 2 aromatic carbocycles. The zero-order chi connectivity index (χ0) is 16.9. The minimum atomic E-state index is -0.158. The lowest BCUT2D eigenvalue weighted by Gasteiger charge is -2.11. The predicted molar refractivity (Wildman–Crippen MR) is 92.5 cm³/mol. The molecule has 1 heterocycles. The maximum absolute atomic E-state index is 11.2. The van der Waals surface area contributed by atoms with Crippen molar-refractivity contribution in [1.82, 2.24) is 4.98 Å². The van der Waals surface area contributed by atoms with Crippen molar-refractivity contribution < 1.29 is 13.9 Å². The third-order valence-corrected chi connectivity index (χ3v) is 3.33. The lowest BCUT2D eigenvalue weighted by atomic mass is 10.2. The molecule has 0 bridgehead atoms. The predicted octanol–water partition coefficient (Wildman–Crippen LogP) is 4.05. The third-order valence-electron chi connectivity index (χ3n) is 3.33. The standard InChI is InChI=1S/C18H17N3O3/c1-12(22)20-15-9-8-14(10-16(15)23-2)21-18-19-11-17(24-18)13-6-4-3-5-7-13/h3-11H,1-2H3,(H,19,21)(H,20,22). The number of carbonyl (C=O) groups is 1. The highest BCUT2D eigenvalue weighted by Gasteiger charge is 2.09. The minimum Gasteiger partial charge on any atom is -0.494 e. The van der Waals surface area contributed by atoms with E-state index >= 15 is 0 Å². The monoisotopic (exact) mass is 323 g/mol. The van der Waals surface area contributed by atoms with Crippen LogP contribution in [0.15, 0.2) is 59.1 Å². The first-order chi connectivity index (χ1) is 11.7. The molecule has 0 spiro atoms. The lowest BCUT2D eigenvalue weighted by molar-refractivity contribution is -0.114. The summed E-state index contributed by atoms with van der Waals surface area (Å²) in [6.07, 6.45) is 1.67. The number of amides is 1. The van der Waals surface area contributed by atoms with Gasteiger partial charge in [-0.3, -0.25) is 4.79 Å². The Hall–Kier alpha value is -3.28. The quantitative estimate of drug-likeness (QED) is 0.740. The van der Waals surface area contributed by atoms with Crippen LogP contribution in [-0.4, -0.2) is 18.0 Å². The zero-order valence-corrected chi connectivity index (χ0v) is 13.4. The highest BCUT2D eigenvalue weighted by atomic mass is 16.5. The molecule has 2 N–H and O–H groups in total. The van der Waals surface area contributed by atoms with E-state index in [4.69, 9.17) is 9.15 Å². The van der Waals surface area contributed by atoms with E-state index in [0.29, 0.717) is 23.2 Å². The summed E-state index contributed by atoms with van der Waals surface area (Å²) < 4.78 is 11.0. The van der Waals surface area contributed by atoms with Crippen molar-refractivity contribution >= 4 is 23.3 Å². The second-order valence-electron chi connectivity index (χ2n) is 5.12. The summed E-state index contributed by atoms with van der Waals surface area (Å²) >= 11 is 0. The lowest BCUT2D eigenvalue weighted by Crippen LogP contribution is -2.07. The van der Waals surface area contributed by atoms with Gasteiger partial charge in [-0.2, -0.15) is 0 Å². The molecule has 122 valence electrons. The van der Waals surface area contributed by atoms with Crippen molar-refractivity contribution in [1.29, 1.82) is 0 Å². The molecular weight excluding hydrogens is 306 g/mol. The van der Waals surface area contributed by atoms with Crippen LogP contribution >= 0.6 is 0 Å². The first kappa shape index (κ1) is 15.6. The van der Waals surface area contributed by atoms with E-state index in [0.717, 1.165) is 11.3 Å². The summed E-state index contributed by atoms with van der Waals surface area (Å²) in [6, 6.07) is 15.4. The average molecular weight is 323 g/mol. The fraction of sp³-hybridized carbons (Fsp3) is 0.111. The van der Waals surface area contributed by atoms with Gasteiger partial charge >= 0.3 is 0 Å². The molecular formula is C18H17N3O3. The maximum atomic E-state index is 11.2. The van der Waals surface area contributed by atoms with E-state index in [1.165, 1.54) is 6.92 Å². The molecule has 0 radical (unpaired) electrons. The number of methoxy groups -OCH3 is 1. The Kier molecular flexibility index (Phi) is 4.47. The van der Waals surface area contributed by atoms with Gasteiger partial charge in [-0.25, -0.2) is 4.98 Å². The van der Waals surface area contributed by atoms with E-state index < -0.39 is 0 Å². The Balaban J connectivity index is 1.79. The Morgan fingerprint density at radius 1 is 1.17 bits per heavy atom. The Morgan fingerprint density at radius 3 is 2.67 bits per heavy atom. The number of hydrogen-bond acceptors (Lipinski definition) is 5. The van der Waals surface area contributed by atoms with Crippen LogP contribution in [0.25, 0.3) is 11.3 Å². The molecule has 0 fully saturated rings. The van der Waals surface area contributed by atoms with Gasteiger partial charge in [0, 0.05) is 24.2 Å². The van der Waals surface area contributed by atoms with Crippen LogP contribution in [0.3, 0.4) is 0 Å². The van der Waals surface area contributed by atoms with Gasteiger partial charge in [-0.15, -0.1) is 0 Å². The smallest absolute Gasteiger partial charge is 0.299 e. The van der Waals surface area contributed by atoms with Crippen molar-refractivity contribution in [3.63, 3.8) is 0 Å². The van der Waals surface area contributed by atoms with Crippen molar-refractivity contribution in [2.24, 2.45) is 0 Å². The van der Waals surface area contributed by atoms with Crippen LogP contribution in [0.4, 0.5) is 17.4 Å². The summed E-state index contributed by atoms with van der Waals surface area (Å²) in [5.41, 5.74) is 2.30. The van der Waals surface area contributed by atoms with Gasteiger partial charge in [0.15, 0.2) is 5.76 Å². The molecule has 0 atom stereocenters. The van der Waals surface area contributed by atoms with E-state index in [-0.39, 0.29) is 5.91 Å². The summed E-state index contributed by atoms with van der Waals surface area (Å²) in [6.45, 7) is 1.45. The van der Waals surface area contributed by atoms with E-state index in [2.05, 4.69) is 15.6 Å². The summed E-state index contributed by atoms with van der Waals surface area (Å²) in [5, 5.41) is 5.79. The molecule has 6 heteroatoms. The molecule has 0 saturated heterocycles. The molecule has 0 unspecified atom stereocenters. The molecule has 3 rings (SSSR count). The number of rotatable bonds is 5. The Bertz CT molecular complexity index is 844. The molecule has 0 aliphatic rings. The zero-order valence-electron chi connectivity index (χ0n) is 13.4. The van der Waals surface area contributed by atoms with Crippen LogP contribution in [0.1, 0.15) is 6.92 Å². The molecule has 3 aromatic rings. The normalized spacial score (nSPS) is 10.2. The Labute approximate surface area is 139 Å². The fourth-order valence-corrected chi connectivity index (χ4v) is 2.25. The van der Waals surface area contributed by atoms with Gasteiger partial charge in [-0.05, 0) is 12.1 Å². The first-order valence-electron chi connectivity index (χ1n) is 7.39. The topological polar surface area (TPSA) is 76.4 Å². The van der Waals surface area contributed by atoms with Crippen molar-refractivity contribution in [3.05, 3.63) is 54.7 Å². The van der Waals surface area contributed by atoms with Crippen LogP contribution in [0, 0.1) is 0 Å². The molecule has 1 aromatic heterocycles. The third kappa shape index (κ3) is 3.55. The van der Waals surface area contributed by atoms with Crippen LogP contribution in [-0.2, 0) is 4.79 Å². The van der Waals surface area contributed by atoms with Crippen molar-refractivity contribution in [2.45, 2.75) is 6.92 Å². The molecule has 0 aliphatic heterocycles. The molecule has 6 nitrogen and oxygen atoms in total. The first-order valence-corrected chi connectivity index (χ1v) is 7.39. The Morgan fingerprint density at radius 2 is 1.96 bits per heavy atom. The fourth-order valence-electron chi connectivity index (χ4n) is 2.25. The van der Waals surface area contributed by atoms with Crippen LogP contribution < -0.4 is 15.4 Å². The number of benzene rings is 2. The number of carbonyl (C=O) groups excluding carboxylic acids is 1. The largest absolute Gasteiger partial charge is 0.494 e. The number of ether oxygens (including phenoxy) is 1. The van der Waals surface area contributed by atoms with Crippen LogP contribution in [0.5, 0.6) is 5.75 Å². The number of hydrogen-bond donors (Lipinski definition) is 2. The SMILES string of the molecule is COc1cc(Nc2ncc(-c3ccccc3)o2)ccc1NC(C)=O. The average Bonchev–Trinajstić information content (AvgIpc) is 3.05. The second kappa shape index (κ2) is 6.87. The van der Waals surface area contributed by atoms with Gasteiger partial charge in [0.1, 0.15) is 5.75 Å². The highest BCUT2D eigenvalue weighted by molar-refractivity contribution is 5.90.